The van der Waals surface area contributed by atoms with Gasteiger partial charge in [0.15, 0.2) is 0 Å². The molecule has 4 atom stereocenters. The van der Waals surface area contributed by atoms with Crippen molar-refractivity contribution in [2.45, 2.75) is 32.5 Å². The zero-order valence-corrected chi connectivity index (χ0v) is 12.6. The number of ether oxygens (including phenoxy) is 1. The minimum atomic E-state index is -0.988. The fourth-order valence-corrected chi connectivity index (χ4v) is 3.32. The highest BCUT2D eigenvalue weighted by atomic mass is 16.5. The van der Waals surface area contributed by atoms with Crippen LogP contribution in [0.25, 0.3) is 0 Å². The Morgan fingerprint density at radius 3 is 2.55 bits per heavy atom. The van der Waals surface area contributed by atoms with Crippen LogP contribution in [0.4, 0.5) is 5.69 Å². The molecular formula is C17H19NO4. The van der Waals surface area contributed by atoms with Gasteiger partial charge in [0, 0.05) is 5.69 Å². The van der Waals surface area contributed by atoms with Gasteiger partial charge in [0.05, 0.1) is 18.1 Å². The van der Waals surface area contributed by atoms with Crippen LogP contribution < -0.4 is 5.32 Å². The molecule has 1 aromatic carbocycles. The summed E-state index contributed by atoms with van der Waals surface area (Å²) in [6.07, 6.45) is 3.37. The molecule has 2 heterocycles. The Balaban J connectivity index is 1.86. The molecule has 2 aliphatic rings. The van der Waals surface area contributed by atoms with Crippen molar-refractivity contribution in [1.82, 2.24) is 0 Å². The highest BCUT2D eigenvalue weighted by molar-refractivity contribution is 5.97. The zero-order valence-electron chi connectivity index (χ0n) is 12.6. The van der Waals surface area contributed by atoms with Gasteiger partial charge in [-0.2, -0.15) is 0 Å². The van der Waals surface area contributed by atoms with E-state index in [1.165, 1.54) is 0 Å². The number of carbonyl (C=O) groups is 2. The van der Waals surface area contributed by atoms with Gasteiger partial charge in [0.1, 0.15) is 5.92 Å². The number of rotatable bonds is 4. The first-order valence-corrected chi connectivity index (χ1v) is 7.49. The SMILES string of the molecule is CCc1cccc(C)c1NC(=O)[C@@H]1[C@@H](C(=O)O)[C@@H]2C=C[C@@H]1O2. The third kappa shape index (κ3) is 2.31. The molecule has 116 valence electrons. The van der Waals surface area contributed by atoms with E-state index < -0.39 is 30.0 Å². The van der Waals surface area contributed by atoms with E-state index in [4.69, 9.17) is 4.74 Å². The van der Waals surface area contributed by atoms with Crippen LogP contribution in [0, 0.1) is 18.8 Å². The van der Waals surface area contributed by atoms with Crippen LogP contribution >= 0.6 is 0 Å². The Kier molecular flexibility index (Phi) is 3.74. The predicted octanol–water partition coefficient (Wildman–Crippen LogP) is 2.15. The maximum atomic E-state index is 12.7. The molecular weight excluding hydrogens is 282 g/mol. The minimum absolute atomic E-state index is 0.284. The number of para-hydroxylation sites is 1. The highest BCUT2D eigenvalue weighted by Crippen LogP contribution is 2.40. The van der Waals surface area contributed by atoms with Crippen molar-refractivity contribution < 1.29 is 19.4 Å². The van der Waals surface area contributed by atoms with Gasteiger partial charge < -0.3 is 15.2 Å². The summed E-state index contributed by atoms with van der Waals surface area (Å²) in [5.41, 5.74) is 2.80. The van der Waals surface area contributed by atoms with Crippen LogP contribution in [0.5, 0.6) is 0 Å². The van der Waals surface area contributed by atoms with Gasteiger partial charge in [-0.15, -0.1) is 0 Å². The summed E-state index contributed by atoms with van der Waals surface area (Å²) >= 11 is 0. The van der Waals surface area contributed by atoms with E-state index >= 15 is 0 Å². The van der Waals surface area contributed by atoms with Gasteiger partial charge in [0.25, 0.3) is 0 Å². The second-order valence-corrected chi connectivity index (χ2v) is 5.79. The quantitative estimate of drug-likeness (QED) is 0.836. The van der Waals surface area contributed by atoms with Crippen molar-refractivity contribution in [2.24, 2.45) is 11.8 Å². The van der Waals surface area contributed by atoms with E-state index in [1.54, 1.807) is 12.2 Å². The van der Waals surface area contributed by atoms with Gasteiger partial charge in [0.2, 0.25) is 5.91 Å². The van der Waals surface area contributed by atoms with Crippen molar-refractivity contribution in [3.8, 4) is 0 Å². The molecule has 0 radical (unpaired) electrons. The van der Waals surface area contributed by atoms with Crippen LogP contribution in [-0.4, -0.2) is 29.2 Å². The van der Waals surface area contributed by atoms with E-state index in [9.17, 15) is 14.7 Å². The number of carboxylic acid groups (broad SMARTS) is 1. The molecule has 0 aromatic heterocycles. The lowest BCUT2D eigenvalue weighted by Gasteiger charge is -2.22. The topological polar surface area (TPSA) is 75.6 Å². The average molecular weight is 301 g/mol. The van der Waals surface area contributed by atoms with Crippen LogP contribution in [0.15, 0.2) is 30.4 Å². The van der Waals surface area contributed by atoms with E-state index in [0.29, 0.717) is 0 Å². The van der Waals surface area contributed by atoms with E-state index in [0.717, 1.165) is 23.2 Å². The van der Waals surface area contributed by atoms with E-state index in [-0.39, 0.29) is 5.91 Å². The smallest absolute Gasteiger partial charge is 0.310 e. The molecule has 2 bridgehead atoms. The van der Waals surface area contributed by atoms with E-state index in [2.05, 4.69) is 5.32 Å². The number of aliphatic carboxylic acids is 1. The Labute approximate surface area is 129 Å². The van der Waals surface area contributed by atoms with Crippen LogP contribution in [-0.2, 0) is 20.7 Å². The van der Waals surface area contributed by atoms with Crippen LogP contribution in [0.1, 0.15) is 18.1 Å². The number of carbonyl (C=O) groups excluding carboxylic acids is 1. The first-order valence-electron chi connectivity index (χ1n) is 7.49. The molecule has 5 nitrogen and oxygen atoms in total. The number of nitrogens with one attached hydrogen (secondary N) is 1. The highest BCUT2D eigenvalue weighted by Gasteiger charge is 2.53. The summed E-state index contributed by atoms with van der Waals surface area (Å²) in [5, 5.41) is 12.3. The summed E-state index contributed by atoms with van der Waals surface area (Å²) in [6.45, 7) is 3.95. The lowest BCUT2D eigenvalue weighted by Crippen LogP contribution is -2.39. The molecule has 0 spiro atoms. The summed E-state index contributed by atoms with van der Waals surface area (Å²) in [7, 11) is 0. The number of hydrogen-bond acceptors (Lipinski definition) is 3. The molecule has 22 heavy (non-hydrogen) atoms. The lowest BCUT2D eigenvalue weighted by atomic mass is 9.82. The Morgan fingerprint density at radius 2 is 1.91 bits per heavy atom. The van der Waals surface area contributed by atoms with Crippen molar-refractivity contribution in [3.05, 3.63) is 41.5 Å². The standard InChI is InChI=1S/C17H19NO4/c1-3-10-6-4-5-9(2)15(10)18-16(19)13-11-7-8-12(22-11)14(13)17(20)21/h4-8,11-14H,3H2,1-2H3,(H,18,19)(H,20,21)/t11-,12-,13-,14-/m0/s1. The molecule has 5 heteroatoms. The number of aryl methyl sites for hydroxylation is 2. The molecule has 2 N–H and O–H groups in total. The molecule has 3 rings (SSSR count). The Morgan fingerprint density at radius 1 is 1.23 bits per heavy atom. The van der Waals surface area contributed by atoms with Crippen molar-refractivity contribution in [3.63, 3.8) is 0 Å². The normalized spacial score (nSPS) is 28.8. The van der Waals surface area contributed by atoms with E-state index in [1.807, 2.05) is 32.0 Å². The van der Waals surface area contributed by atoms with Gasteiger partial charge in [-0.05, 0) is 24.5 Å². The molecule has 0 unspecified atom stereocenters. The summed E-state index contributed by atoms with van der Waals surface area (Å²) in [5.74, 6) is -2.77. The first kappa shape index (κ1) is 14.8. The maximum Gasteiger partial charge on any atom is 0.310 e. The second kappa shape index (κ2) is 5.57. The van der Waals surface area contributed by atoms with Gasteiger partial charge in [-0.3, -0.25) is 9.59 Å². The molecule has 1 aromatic rings. The third-order valence-electron chi connectivity index (χ3n) is 4.48. The third-order valence-corrected chi connectivity index (χ3v) is 4.48. The number of fused-ring (bicyclic) bond motifs is 2. The summed E-state index contributed by atoms with van der Waals surface area (Å²) in [4.78, 5) is 24.1. The van der Waals surface area contributed by atoms with Crippen LogP contribution in [0.2, 0.25) is 0 Å². The fraction of sp³-hybridized carbons (Fsp3) is 0.412. The average Bonchev–Trinajstić information content (AvgIpc) is 3.09. The number of anilines is 1. The molecule has 1 amide bonds. The maximum absolute atomic E-state index is 12.7. The minimum Gasteiger partial charge on any atom is -0.481 e. The Hall–Kier alpha value is -2.14. The first-order chi connectivity index (χ1) is 10.5. The lowest BCUT2D eigenvalue weighted by molar-refractivity contribution is -0.145. The number of hydrogen-bond donors (Lipinski definition) is 2. The fourth-order valence-electron chi connectivity index (χ4n) is 3.32. The molecule has 1 fully saturated rings. The largest absolute Gasteiger partial charge is 0.481 e. The zero-order chi connectivity index (χ0) is 15.9. The molecule has 1 saturated heterocycles. The Bertz CT molecular complexity index is 652. The monoisotopic (exact) mass is 301 g/mol. The molecule has 2 aliphatic heterocycles. The number of amides is 1. The van der Waals surface area contributed by atoms with Gasteiger partial charge >= 0.3 is 5.97 Å². The van der Waals surface area contributed by atoms with Crippen molar-refractivity contribution in [1.29, 1.82) is 0 Å². The van der Waals surface area contributed by atoms with Crippen LogP contribution in [0.3, 0.4) is 0 Å². The van der Waals surface area contributed by atoms with Crippen molar-refractivity contribution in [2.75, 3.05) is 5.32 Å². The van der Waals surface area contributed by atoms with Crippen molar-refractivity contribution >= 4 is 17.6 Å². The predicted molar refractivity (Wildman–Crippen MR) is 81.6 cm³/mol. The number of carboxylic acids is 1. The second-order valence-electron chi connectivity index (χ2n) is 5.79. The number of benzene rings is 1. The van der Waals surface area contributed by atoms with Gasteiger partial charge in [-0.25, -0.2) is 0 Å². The molecule has 0 saturated carbocycles. The molecule has 0 aliphatic carbocycles. The summed E-state index contributed by atoms with van der Waals surface area (Å²) in [6, 6.07) is 5.85. The summed E-state index contributed by atoms with van der Waals surface area (Å²) < 4.78 is 5.55. The van der Waals surface area contributed by atoms with Gasteiger partial charge in [-0.1, -0.05) is 37.3 Å².